The van der Waals surface area contributed by atoms with Gasteiger partial charge in [-0.15, -0.1) is 0 Å². The molecule has 24 heavy (non-hydrogen) atoms. The van der Waals surface area contributed by atoms with Crippen molar-refractivity contribution >= 4 is 17.5 Å². The molecule has 126 valence electrons. The number of carbonyl (C=O) groups excluding carboxylic acids is 1. The second-order valence-corrected chi connectivity index (χ2v) is 6.02. The van der Waals surface area contributed by atoms with Crippen molar-refractivity contribution in [2.45, 2.75) is 18.9 Å². The molecule has 1 amide bonds. The Hall–Kier alpha value is -2.05. The number of carbonyl (C=O) groups is 1. The first-order chi connectivity index (χ1) is 11.6. The molecule has 0 bridgehead atoms. The number of aryl methyl sites for hydroxylation is 1. The second kappa shape index (κ2) is 7.68. The van der Waals surface area contributed by atoms with Gasteiger partial charge in [0.2, 0.25) is 0 Å². The van der Waals surface area contributed by atoms with E-state index >= 15 is 0 Å². The molecule has 2 aromatic rings. The number of ether oxygens (including phenoxy) is 1. The number of hydrogen-bond acceptors (Lipinski definition) is 4. The summed E-state index contributed by atoms with van der Waals surface area (Å²) in [6.07, 6.45) is 4.71. The van der Waals surface area contributed by atoms with Crippen molar-refractivity contribution in [2.75, 3.05) is 19.7 Å². The Morgan fingerprint density at radius 1 is 1.42 bits per heavy atom. The lowest BCUT2D eigenvalue weighted by atomic mass is 10.1. The number of rotatable bonds is 4. The standard InChI is InChI=1S/C17H17ClFN3O2/c18-15-9-12(1-4-16(15)19)17(23)22-7-8-24-14(10-22)3-2-13-5-6-20-11-21-13/h1,4-6,9,11,14H,2-3,7-8,10H2/t14-/m1/s1. The monoisotopic (exact) mass is 349 g/mol. The quantitative estimate of drug-likeness (QED) is 0.851. The van der Waals surface area contributed by atoms with Gasteiger partial charge in [0.05, 0.1) is 17.7 Å². The number of benzene rings is 1. The maximum atomic E-state index is 13.2. The molecule has 0 unspecified atom stereocenters. The molecule has 2 heterocycles. The van der Waals surface area contributed by atoms with Gasteiger partial charge < -0.3 is 9.64 Å². The summed E-state index contributed by atoms with van der Waals surface area (Å²) in [5.41, 5.74) is 1.33. The highest BCUT2D eigenvalue weighted by Crippen LogP contribution is 2.19. The van der Waals surface area contributed by atoms with Crippen molar-refractivity contribution in [3.8, 4) is 0 Å². The molecule has 0 N–H and O–H groups in total. The first kappa shape index (κ1) is 16.8. The lowest BCUT2D eigenvalue weighted by Gasteiger charge is -2.33. The highest BCUT2D eigenvalue weighted by Gasteiger charge is 2.25. The van der Waals surface area contributed by atoms with Gasteiger partial charge in [-0.25, -0.2) is 14.4 Å². The number of hydrogen-bond donors (Lipinski definition) is 0. The summed E-state index contributed by atoms with van der Waals surface area (Å²) in [4.78, 5) is 22.3. The summed E-state index contributed by atoms with van der Waals surface area (Å²) in [5.74, 6) is -0.690. The Kier molecular flexibility index (Phi) is 5.37. The summed E-state index contributed by atoms with van der Waals surface area (Å²) < 4.78 is 19.0. The van der Waals surface area contributed by atoms with Crippen molar-refractivity contribution in [1.29, 1.82) is 0 Å². The normalized spacial score (nSPS) is 17.8. The van der Waals surface area contributed by atoms with Gasteiger partial charge >= 0.3 is 0 Å². The summed E-state index contributed by atoms with van der Waals surface area (Å²) in [6, 6.07) is 5.90. The fraction of sp³-hybridized carbons (Fsp3) is 0.353. The van der Waals surface area contributed by atoms with Crippen LogP contribution in [0.1, 0.15) is 22.5 Å². The molecular formula is C17H17ClFN3O2. The minimum Gasteiger partial charge on any atom is -0.375 e. The molecule has 0 aliphatic carbocycles. The molecule has 0 radical (unpaired) electrons. The number of aromatic nitrogens is 2. The predicted octanol–water partition coefficient (Wildman–Crippen LogP) is 2.74. The smallest absolute Gasteiger partial charge is 0.254 e. The molecule has 1 aromatic carbocycles. The molecule has 1 atom stereocenters. The van der Waals surface area contributed by atoms with Crippen molar-refractivity contribution in [1.82, 2.24) is 14.9 Å². The highest BCUT2D eigenvalue weighted by atomic mass is 35.5. The van der Waals surface area contributed by atoms with Crippen LogP contribution in [0.2, 0.25) is 5.02 Å². The molecule has 0 saturated carbocycles. The molecular weight excluding hydrogens is 333 g/mol. The van der Waals surface area contributed by atoms with E-state index in [0.29, 0.717) is 25.3 Å². The average molecular weight is 350 g/mol. The average Bonchev–Trinajstić information content (AvgIpc) is 2.63. The zero-order valence-electron chi connectivity index (χ0n) is 13.0. The van der Waals surface area contributed by atoms with Crippen LogP contribution in [0.5, 0.6) is 0 Å². The van der Waals surface area contributed by atoms with Crippen molar-refractivity contribution in [3.63, 3.8) is 0 Å². The van der Waals surface area contributed by atoms with Crippen LogP contribution in [-0.2, 0) is 11.2 Å². The molecule has 1 aromatic heterocycles. The Balaban J connectivity index is 1.60. The maximum absolute atomic E-state index is 13.2. The van der Waals surface area contributed by atoms with E-state index in [4.69, 9.17) is 16.3 Å². The van der Waals surface area contributed by atoms with Crippen LogP contribution in [-0.4, -0.2) is 46.6 Å². The van der Waals surface area contributed by atoms with E-state index in [-0.39, 0.29) is 17.0 Å². The zero-order chi connectivity index (χ0) is 16.9. The van der Waals surface area contributed by atoms with Gasteiger partial charge in [0, 0.05) is 30.5 Å². The summed E-state index contributed by atoms with van der Waals surface area (Å²) in [6.45, 7) is 1.49. The van der Waals surface area contributed by atoms with Gasteiger partial charge in [0.15, 0.2) is 0 Å². The lowest BCUT2D eigenvalue weighted by Crippen LogP contribution is -2.45. The van der Waals surface area contributed by atoms with Crippen LogP contribution in [0.25, 0.3) is 0 Å². The van der Waals surface area contributed by atoms with E-state index < -0.39 is 5.82 Å². The Labute approximate surface area is 144 Å². The van der Waals surface area contributed by atoms with Gasteiger partial charge in [-0.05, 0) is 37.1 Å². The minimum atomic E-state index is -0.530. The van der Waals surface area contributed by atoms with E-state index in [2.05, 4.69) is 9.97 Å². The third-order valence-corrected chi connectivity index (χ3v) is 4.25. The number of amides is 1. The Bertz CT molecular complexity index is 714. The first-order valence-corrected chi connectivity index (χ1v) is 8.12. The molecule has 5 nitrogen and oxygen atoms in total. The first-order valence-electron chi connectivity index (χ1n) is 7.74. The topological polar surface area (TPSA) is 55.3 Å². The minimum absolute atomic E-state index is 0.0468. The highest BCUT2D eigenvalue weighted by molar-refractivity contribution is 6.31. The van der Waals surface area contributed by atoms with Gasteiger partial charge in [-0.2, -0.15) is 0 Å². The van der Waals surface area contributed by atoms with Gasteiger partial charge in [0.1, 0.15) is 12.1 Å². The lowest BCUT2D eigenvalue weighted by molar-refractivity contribution is -0.0246. The number of nitrogens with zero attached hydrogens (tertiary/aromatic N) is 3. The van der Waals surface area contributed by atoms with E-state index in [0.717, 1.165) is 18.5 Å². The molecule has 0 spiro atoms. The second-order valence-electron chi connectivity index (χ2n) is 5.61. The predicted molar refractivity (Wildman–Crippen MR) is 87.4 cm³/mol. The van der Waals surface area contributed by atoms with Crippen LogP contribution < -0.4 is 0 Å². The fourth-order valence-corrected chi connectivity index (χ4v) is 2.85. The number of morpholine rings is 1. The van der Waals surface area contributed by atoms with Crippen LogP contribution >= 0.6 is 11.6 Å². The van der Waals surface area contributed by atoms with E-state index in [1.807, 2.05) is 6.07 Å². The van der Waals surface area contributed by atoms with Crippen LogP contribution in [0.3, 0.4) is 0 Å². The summed E-state index contributed by atoms with van der Waals surface area (Å²) >= 11 is 5.76. The largest absolute Gasteiger partial charge is 0.375 e. The van der Waals surface area contributed by atoms with Crippen LogP contribution in [0.4, 0.5) is 4.39 Å². The SMILES string of the molecule is O=C(c1ccc(F)c(Cl)c1)N1CCO[C@H](CCc2ccncn2)C1. The van der Waals surface area contributed by atoms with E-state index in [1.54, 1.807) is 11.1 Å². The van der Waals surface area contributed by atoms with E-state index in [1.165, 1.54) is 24.5 Å². The zero-order valence-corrected chi connectivity index (χ0v) is 13.7. The molecule has 1 saturated heterocycles. The van der Waals surface area contributed by atoms with Crippen molar-refractivity contribution in [2.24, 2.45) is 0 Å². The van der Waals surface area contributed by atoms with Crippen molar-refractivity contribution in [3.05, 3.63) is 58.9 Å². The van der Waals surface area contributed by atoms with Gasteiger partial charge in [-0.3, -0.25) is 4.79 Å². The van der Waals surface area contributed by atoms with Crippen LogP contribution in [0, 0.1) is 5.82 Å². The maximum Gasteiger partial charge on any atom is 0.254 e. The molecule has 7 heteroatoms. The summed E-state index contributed by atoms with van der Waals surface area (Å²) in [7, 11) is 0. The molecule has 1 fully saturated rings. The van der Waals surface area contributed by atoms with Gasteiger partial charge in [0.25, 0.3) is 5.91 Å². The third-order valence-electron chi connectivity index (χ3n) is 3.96. The van der Waals surface area contributed by atoms with Crippen molar-refractivity contribution < 1.29 is 13.9 Å². The van der Waals surface area contributed by atoms with Gasteiger partial charge in [-0.1, -0.05) is 11.6 Å². The third kappa shape index (κ3) is 4.07. The van der Waals surface area contributed by atoms with Crippen LogP contribution in [0.15, 0.2) is 36.8 Å². The van der Waals surface area contributed by atoms with E-state index in [9.17, 15) is 9.18 Å². The molecule has 3 rings (SSSR count). The Morgan fingerprint density at radius 3 is 3.04 bits per heavy atom. The fourth-order valence-electron chi connectivity index (χ4n) is 2.67. The Morgan fingerprint density at radius 2 is 2.29 bits per heavy atom. The summed E-state index contributed by atoms with van der Waals surface area (Å²) in [5, 5.41) is -0.0468. The number of halogens is 2. The molecule has 1 aliphatic rings. The molecule has 1 aliphatic heterocycles.